The molecule has 2 aliphatic rings. The summed E-state index contributed by atoms with van der Waals surface area (Å²) in [7, 11) is 0. The van der Waals surface area contributed by atoms with Crippen molar-refractivity contribution in [3.05, 3.63) is 52.3 Å². The van der Waals surface area contributed by atoms with E-state index in [-0.39, 0.29) is 5.91 Å². The van der Waals surface area contributed by atoms with Crippen molar-refractivity contribution in [1.29, 1.82) is 0 Å². The van der Waals surface area contributed by atoms with Gasteiger partial charge in [-0.2, -0.15) is 0 Å². The van der Waals surface area contributed by atoms with E-state index in [1.807, 2.05) is 37.3 Å². The number of hydrogen-bond donors (Lipinski definition) is 1. The normalized spacial score (nSPS) is 23.0. The topological polar surface area (TPSA) is 37.3 Å². The van der Waals surface area contributed by atoms with Crippen LogP contribution in [0.15, 0.2) is 30.3 Å². The van der Waals surface area contributed by atoms with E-state index >= 15 is 0 Å². The molecule has 0 aliphatic carbocycles. The number of rotatable bonds is 2. The Bertz CT molecular complexity index is 797. The lowest BCUT2D eigenvalue weighted by molar-refractivity contribution is 0.0758. The fourth-order valence-corrected chi connectivity index (χ4v) is 4.68. The zero-order chi connectivity index (χ0) is 18.3. The molecule has 0 radical (unpaired) electrons. The molecule has 2 aliphatic heterocycles. The van der Waals surface area contributed by atoms with Crippen molar-refractivity contribution in [3.8, 4) is 5.69 Å². The predicted molar refractivity (Wildman–Crippen MR) is 105 cm³/mol. The number of amides is 1. The molecule has 0 unspecified atom stereocenters. The highest BCUT2D eigenvalue weighted by atomic mass is 35.5. The molecule has 4 nitrogen and oxygen atoms in total. The number of halogens is 1. The number of nitrogens with one attached hydrogen (secondary N) is 1. The molecule has 0 saturated carbocycles. The molecule has 4 rings (SSSR count). The second-order valence-corrected chi connectivity index (χ2v) is 8.08. The van der Waals surface area contributed by atoms with Crippen LogP contribution in [0.4, 0.5) is 0 Å². The molecule has 0 spiro atoms. The molecule has 26 heavy (non-hydrogen) atoms. The zero-order valence-corrected chi connectivity index (χ0v) is 16.2. The number of hydrogen-bond acceptors (Lipinski definition) is 2. The Balaban J connectivity index is 1.58. The fourth-order valence-electron chi connectivity index (χ4n) is 4.56. The van der Waals surface area contributed by atoms with E-state index in [4.69, 9.17) is 11.6 Å². The van der Waals surface area contributed by atoms with Crippen LogP contribution in [0, 0.1) is 25.7 Å². The SMILES string of the molecule is Cc1cc(C(=O)N2CC[C@@H]3CNC[C@@H]3CC2)c(C)n1-c1ccc(Cl)cc1. The van der Waals surface area contributed by atoms with Crippen LogP contribution in [0.5, 0.6) is 0 Å². The summed E-state index contributed by atoms with van der Waals surface area (Å²) in [6, 6.07) is 9.80. The lowest BCUT2D eigenvalue weighted by atomic mass is 9.92. The second kappa shape index (κ2) is 7.09. The van der Waals surface area contributed by atoms with Gasteiger partial charge in [-0.25, -0.2) is 0 Å². The highest BCUT2D eigenvalue weighted by Gasteiger charge is 2.32. The number of carbonyl (C=O) groups excluding carboxylic acids is 1. The summed E-state index contributed by atoms with van der Waals surface area (Å²) in [6.45, 7) is 8.04. The largest absolute Gasteiger partial charge is 0.339 e. The maximum Gasteiger partial charge on any atom is 0.255 e. The summed E-state index contributed by atoms with van der Waals surface area (Å²) in [5.41, 5.74) is 3.94. The summed E-state index contributed by atoms with van der Waals surface area (Å²) in [5, 5.41) is 4.21. The van der Waals surface area contributed by atoms with Gasteiger partial charge in [0.1, 0.15) is 0 Å². The summed E-state index contributed by atoms with van der Waals surface area (Å²) < 4.78 is 2.14. The maximum absolute atomic E-state index is 13.2. The molecule has 2 aromatic rings. The number of carbonyl (C=O) groups is 1. The van der Waals surface area contributed by atoms with Crippen molar-refractivity contribution in [1.82, 2.24) is 14.8 Å². The summed E-state index contributed by atoms with van der Waals surface area (Å²) in [6.07, 6.45) is 2.22. The van der Waals surface area contributed by atoms with Crippen LogP contribution in [-0.2, 0) is 0 Å². The van der Waals surface area contributed by atoms with Gasteiger partial charge in [0.25, 0.3) is 5.91 Å². The number of nitrogens with zero attached hydrogens (tertiary/aromatic N) is 2. The molecular formula is C21H26ClN3O. The van der Waals surface area contributed by atoms with E-state index in [1.165, 1.54) is 0 Å². The first-order valence-corrected chi connectivity index (χ1v) is 9.87. The van der Waals surface area contributed by atoms with E-state index in [9.17, 15) is 4.79 Å². The number of aromatic nitrogens is 1. The quantitative estimate of drug-likeness (QED) is 0.871. The van der Waals surface area contributed by atoms with Crippen LogP contribution >= 0.6 is 11.6 Å². The first-order chi connectivity index (χ1) is 12.5. The van der Waals surface area contributed by atoms with Gasteiger partial charge in [-0.15, -0.1) is 0 Å². The predicted octanol–water partition coefficient (Wildman–Crippen LogP) is 3.82. The fraction of sp³-hybridized carbons (Fsp3) is 0.476. The molecular weight excluding hydrogens is 346 g/mol. The van der Waals surface area contributed by atoms with E-state index in [0.29, 0.717) is 0 Å². The van der Waals surface area contributed by atoms with Crippen molar-refractivity contribution >= 4 is 17.5 Å². The van der Waals surface area contributed by atoms with Gasteiger partial charge in [0.05, 0.1) is 5.56 Å². The minimum atomic E-state index is 0.172. The highest BCUT2D eigenvalue weighted by Crippen LogP contribution is 2.29. The number of fused-ring (bicyclic) bond motifs is 1. The van der Waals surface area contributed by atoms with E-state index in [2.05, 4.69) is 21.7 Å². The second-order valence-electron chi connectivity index (χ2n) is 7.64. The van der Waals surface area contributed by atoms with Gasteiger partial charge in [0.15, 0.2) is 0 Å². The average Bonchev–Trinajstić information content (AvgIpc) is 3.13. The smallest absolute Gasteiger partial charge is 0.255 e. The van der Waals surface area contributed by atoms with E-state index in [0.717, 1.165) is 78.5 Å². The molecule has 5 heteroatoms. The van der Waals surface area contributed by atoms with Crippen molar-refractivity contribution in [2.24, 2.45) is 11.8 Å². The molecule has 2 saturated heterocycles. The maximum atomic E-state index is 13.2. The number of benzene rings is 1. The molecule has 1 amide bonds. The highest BCUT2D eigenvalue weighted by molar-refractivity contribution is 6.30. The third-order valence-corrected chi connectivity index (χ3v) is 6.30. The summed E-state index contributed by atoms with van der Waals surface area (Å²) >= 11 is 6.02. The molecule has 2 fully saturated rings. The van der Waals surface area contributed by atoms with Crippen molar-refractivity contribution in [2.45, 2.75) is 26.7 Å². The summed E-state index contributed by atoms with van der Waals surface area (Å²) in [5.74, 6) is 1.63. The Kier molecular flexibility index (Phi) is 4.80. The molecule has 1 aromatic heterocycles. The van der Waals surface area contributed by atoms with Crippen LogP contribution in [-0.4, -0.2) is 41.6 Å². The minimum absolute atomic E-state index is 0.172. The van der Waals surface area contributed by atoms with Crippen LogP contribution in [0.25, 0.3) is 5.69 Å². The van der Waals surface area contributed by atoms with Gasteiger partial charge >= 0.3 is 0 Å². The molecule has 138 valence electrons. The first kappa shape index (κ1) is 17.6. The molecule has 0 bridgehead atoms. The molecule has 1 N–H and O–H groups in total. The Morgan fingerprint density at radius 3 is 2.31 bits per heavy atom. The average molecular weight is 372 g/mol. The third kappa shape index (κ3) is 3.17. The third-order valence-electron chi connectivity index (χ3n) is 6.05. The lowest BCUT2D eigenvalue weighted by Crippen LogP contribution is -2.33. The van der Waals surface area contributed by atoms with E-state index in [1.54, 1.807) is 0 Å². The summed E-state index contributed by atoms with van der Waals surface area (Å²) in [4.78, 5) is 15.3. The van der Waals surface area contributed by atoms with Crippen LogP contribution in [0.3, 0.4) is 0 Å². The standard InChI is InChI=1S/C21H26ClN3O/c1-14-11-20(15(2)25(14)19-5-3-18(22)4-6-19)21(26)24-9-7-16-12-23-13-17(16)8-10-24/h3-6,11,16-17,23H,7-10,12-13H2,1-2H3/t16-,17+. The van der Waals surface area contributed by atoms with Crippen LogP contribution in [0.2, 0.25) is 5.02 Å². The zero-order valence-electron chi connectivity index (χ0n) is 15.5. The van der Waals surface area contributed by atoms with Crippen molar-refractivity contribution in [2.75, 3.05) is 26.2 Å². The monoisotopic (exact) mass is 371 g/mol. The number of likely N-dealkylation sites (tertiary alicyclic amines) is 1. The van der Waals surface area contributed by atoms with Gasteiger partial charge in [-0.05, 0) is 81.9 Å². The van der Waals surface area contributed by atoms with Gasteiger partial charge in [0, 0.05) is 35.2 Å². The molecule has 1 aromatic carbocycles. The van der Waals surface area contributed by atoms with Crippen LogP contribution < -0.4 is 5.32 Å². The van der Waals surface area contributed by atoms with Gasteiger partial charge in [-0.1, -0.05) is 11.6 Å². The van der Waals surface area contributed by atoms with E-state index < -0.39 is 0 Å². The first-order valence-electron chi connectivity index (χ1n) is 9.49. The van der Waals surface area contributed by atoms with Crippen LogP contribution in [0.1, 0.15) is 34.6 Å². The van der Waals surface area contributed by atoms with Gasteiger partial charge in [-0.3, -0.25) is 4.79 Å². The lowest BCUT2D eigenvalue weighted by Gasteiger charge is -2.21. The van der Waals surface area contributed by atoms with Crippen molar-refractivity contribution in [3.63, 3.8) is 0 Å². The Morgan fingerprint density at radius 1 is 1.08 bits per heavy atom. The van der Waals surface area contributed by atoms with Gasteiger partial charge in [0.2, 0.25) is 0 Å². The minimum Gasteiger partial charge on any atom is -0.339 e. The molecule has 2 atom stereocenters. The number of aryl methyl sites for hydroxylation is 1. The molecule has 3 heterocycles. The Hall–Kier alpha value is -1.78. The Morgan fingerprint density at radius 2 is 1.69 bits per heavy atom. The van der Waals surface area contributed by atoms with Crippen molar-refractivity contribution < 1.29 is 4.79 Å². The van der Waals surface area contributed by atoms with Gasteiger partial charge < -0.3 is 14.8 Å². The Labute approximate surface area is 160 Å².